The van der Waals surface area contributed by atoms with Gasteiger partial charge in [-0.3, -0.25) is 9.59 Å². The van der Waals surface area contributed by atoms with Crippen LogP contribution >= 0.6 is 0 Å². The molecule has 0 radical (unpaired) electrons. The molecule has 3 fully saturated rings. The Labute approximate surface area is 129 Å². The van der Waals surface area contributed by atoms with Gasteiger partial charge in [-0.25, -0.2) is 0 Å². The molecular weight excluding hydrogens is 266 g/mol. The Kier molecular flexibility index (Phi) is 9.31. The summed E-state index contributed by atoms with van der Waals surface area (Å²) >= 11 is 0. The van der Waals surface area contributed by atoms with E-state index in [1.54, 1.807) is 0 Å². The number of nitrogens with two attached hydrogens (primary N) is 1. The Bertz CT molecular complexity index is 319. The van der Waals surface area contributed by atoms with Gasteiger partial charge in [0, 0.05) is 5.92 Å². The average molecular weight is 299 g/mol. The highest BCUT2D eigenvalue weighted by molar-refractivity contribution is 5.75. The number of hydrogen-bond donors (Lipinski definition) is 1. The topological polar surface area (TPSA) is 69.4 Å². The summed E-state index contributed by atoms with van der Waals surface area (Å²) in [5, 5.41) is 0. The lowest BCUT2D eigenvalue weighted by atomic mass is 9.63. The number of esters is 1. The second-order valence-corrected chi connectivity index (χ2v) is 5.82. The van der Waals surface area contributed by atoms with Gasteiger partial charge in [0.05, 0.1) is 5.92 Å². The van der Waals surface area contributed by atoms with Crippen molar-refractivity contribution < 1.29 is 14.3 Å². The normalized spacial score (nSPS) is 36.1. The van der Waals surface area contributed by atoms with Crippen LogP contribution in [-0.4, -0.2) is 18.5 Å². The van der Waals surface area contributed by atoms with Crippen LogP contribution in [0.5, 0.6) is 0 Å². The number of primary amides is 1. The maximum atomic E-state index is 11.7. The summed E-state index contributed by atoms with van der Waals surface area (Å²) in [6.07, 6.45) is 8.35. The molecule has 4 heteroatoms. The van der Waals surface area contributed by atoms with Crippen molar-refractivity contribution in [3.63, 3.8) is 0 Å². The Morgan fingerprint density at radius 2 is 1.62 bits per heavy atom. The summed E-state index contributed by atoms with van der Waals surface area (Å²) in [4.78, 5) is 20.3. The van der Waals surface area contributed by atoms with Crippen LogP contribution in [0.1, 0.15) is 66.7 Å². The summed E-state index contributed by atoms with van der Waals surface area (Å²) in [6.45, 7) is 6.08. The Morgan fingerprint density at radius 3 is 2.14 bits per heavy atom. The second-order valence-electron chi connectivity index (χ2n) is 5.82. The lowest BCUT2D eigenvalue weighted by molar-refractivity contribution is -0.144. The van der Waals surface area contributed by atoms with Gasteiger partial charge in [-0.2, -0.15) is 0 Å². The lowest BCUT2D eigenvalue weighted by Crippen LogP contribution is -2.35. The van der Waals surface area contributed by atoms with Crippen molar-refractivity contribution in [3.8, 4) is 0 Å². The first-order valence-electron chi connectivity index (χ1n) is 8.03. The van der Waals surface area contributed by atoms with Crippen molar-refractivity contribution in [1.29, 1.82) is 0 Å². The number of fused-ring (bicyclic) bond motifs is 2. The molecule has 3 aliphatic rings. The lowest BCUT2D eigenvalue weighted by Gasteiger charge is -2.40. The summed E-state index contributed by atoms with van der Waals surface area (Å²) in [5.74, 6) is 2.61. The van der Waals surface area contributed by atoms with E-state index in [1.165, 1.54) is 32.1 Å². The molecule has 0 bridgehead atoms. The molecule has 5 atom stereocenters. The van der Waals surface area contributed by atoms with Crippen molar-refractivity contribution in [2.45, 2.75) is 72.8 Å². The minimum Gasteiger partial charge on any atom is -0.462 e. The van der Waals surface area contributed by atoms with Crippen LogP contribution in [0, 0.1) is 23.7 Å². The molecule has 21 heavy (non-hydrogen) atoms. The quantitative estimate of drug-likeness (QED) is 0.549. The van der Waals surface area contributed by atoms with Gasteiger partial charge in [-0.05, 0) is 31.6 Å². The molecular formula is C17H33NO3. The van der Waals surface area contributed by atoms with Crippen molar-refractivity contribution in [3.05, 3.63) is 0 Å². The fourth-order valence-corrected chi connectivity index (χ4v) is 4.07. The van der Waals surface area contributed by atoms with Gasteiger partial charge < -0.3 is 10.5 Å². The Balaban J connectivity index is 0.000000599. The zero-order valence-electron chi connectivity index (χ0n) is 13.0. The summed E-state index contributed by atoms with van der Waals surface area (Å²) in [6, 6.07) is 0. The third kappa shape index (κ3) is 4.72. The van der Waals surface area contributed by atoms with Gasteiger partial charge >= 0.3 is 5.97 Å². The Morgan fingerprint density at radius 1 is 1.14 bits per heavy atom. The molecule has 2 saturated carbocycles. The smallest absolute Gasteiger partial charge is 0.309 e. The van der Waals surface area contributed by atoms with Crippen molar-refractivity contribution in [2.24, 2.45) is 29.4 Å². The van der Waals surface area contributed by atoms with Gasteiger partial charge in [0.25, 0.3) is 0 Å². The number of carbonyl (C=O) groups is 2. The average Bonchev–Trinajstić information content (AvgIpc) is 2.75. The van der Waals surface area contributed by atoms with Crippen molar-refractivity contribution >= 4 is 12.4 Å². The minimum absolute atomic E-state index is 0. The van der Waals surface area contributed by atoms with E-state index in [2.05, 4.69) is 12.7 Å². The zero-order chi connectivity index (χ0) is 15.1. The largest absolute Gasteiger partial charge is 0.462 e. The van der Waals surface area contributed by atoms with Gasteiger partial charge in [-0.15, -0.1) is 0 Å². The van der Waals surface area contributed by atoms with Crippen LogP contribution < -0.4 is 5.73 Å². The summed E-state index contributed by atoms with van der Waals surface area (Å²) < 4.78 is 5.38. The van der Waals surface area contributed by atoms with E-state index in [9.17, 15) is 4.79 Å². The van der Waals surface area contributed by atoms with Crippen LogP contribution in [0.25, 0.3) is 0 Å². The maximum absolute atomic E-state index is 11.7. The molecule has 1 amide bonds. The molecule has 2 aliphatic carbocycles. The van der Waals surface area contributed by atoms with Crippen molar-refractivity contribution in [1.82, 2.24) is 0 Å². The first kappa shape index (κ1) is 19.9. The molecule has 3 rings (SSSR count). The maximum Gasteiger partial charge on any atom is 0.309 e. The van der Waals surface area contributed by atoms with Gasteiger partial charge in [-0.1, -0.05) is 47.0 Å². The first-order chi connectivity index (χ1) is 9.67. The van der Waals surface area contributed by atoms with Crippen LogP contribution in [-0.2, 0) is 14.3 Å². The number of rotatable bonds is 0. The molecule has 4 nitrogen and oxygen atoms in total. The number of carbonyl (C=O) groups excluding carboxylic acids is 2. The highest BCUT2D eigenvalue weighted by Gasteiger charge is 2.48. The second kappa shape index (κ2) is 9.80. The molecule has 0 aromatic rings. The number of hydrogen-bond acceptors (Lipinski definition) is 3. The van der Waals surface area contributed by atoms with E-state index in [4.69, 9.17) is 9.53 Å². The number of ether oxygens (including phenoxy) is 1. The van der Waals surface area contributed by atoms with E-state index in [-0.39, 0.29) is 31.8 Å². The molecule has 0 aromatic heterocycles. The van der Waals surface area contributed by atoms with E-state index in [0.29, 0.717) is 5.92 Å². The third-order valence-electron chi connectivity index (χ3n) is 4.92. The molecule has 124 valence electrons. The molecule has 2 N–H and O–H groups in total. The van der Waals surface area contributed by atoms with Gasteiger partial charge in [0.2, 0.25) is 6.41 Å². The third-order valence-corrected chi connectivity index (χ3v) is 4.92. The highest BCUT2D eigenvalue weighted by atomic mass is 16.6. The molecule has 1 saturated heterocycles. The molecule has 5 unspecified atom stereocenters. The summed E-state index contributed by atoms with van der Waals surface area (Å²) in [5.41, 5.74) is 4.17. The van der Waals surface area contributed by atoms with Gasteiger partial charge in [0.1, 0.15) is 6.10 Å². The molecule has 1 aliphatic heterocycles. The molecule has 0 aromatic carbocycles. The fourth-order valence-electron chi connectivity index (χ4n) is 4.07. The minimum atomic E-state index is 0. The number of amides is 1. The van der Waals surface area contributed by atoms with Crippen LogP contribution in [0.4, 0.5) is 0 Å². The van der Waals surface area contributed by atoms with Crippen LogP contribution in [0.15, 0.2) is 0 Å². The summed E-state index contributed by atoms with van der Waals surface area (Å²) in [7, 11) is 0. The SMILES string of the molecule is C.CC.CC1OC(=O)C2CC3CCCCC3CC12.NC=O. The zero-order valence-corrected chi connectivity index (χ0v) is 13.0. The van der Waals surface area contributed by atoms with Crippen LogP contribution in [0.3, 0.4) is 0 Å². The van der Waals surface area contributed by atoms with E-state index >= 15 is 0 Å². The van der Waals surface area contributed by atoms with Crippen LogP contribution in [0.2, 0.25) is 0 Å². The standard InChI is InChI=1S/C13H20O2.C2H6.CH3NO.CH4/c1-8-11-6-9-4-2-3-5-10(9)7-12(11)13(14)15-8;1-2;2-1-3;/h8-12H,2-7H2,1H3;1-2H3;1H,(H2,2,3);1H4. The van der Waals surface area contributed by atoms with E-state index in [1.807, 2.05) is 13.8 Å². The van der Waals surface area contributed by atoms with E-state index in [0.717, 1.165) is 18.3 Å². The molecule has 0 spiro atoms. The predicted molar refractivity (Wildman–Crippen MR) is 85.5 cm³/mol. The Hall–Kier alpha value is -1.06. The monoisotopic (exact) mass is 299 g/mol. The highest BCUT2D eigenvalue weighted by Crippen LogP contribution is 2.49. The van der Waals surface area contributed by atoms with Gasteiger partial charge in [0.15, 0.2) is 0 Å². The fraction of sp³-hybridized carbons (Fsp3) is 0.882. The number of cyclic esters (lactones) is 1. The first-order valence-corrected chi connectivity index (χ1v) is 8.03. The predicted octanol–water partition coefficient (Wildman–Crippen LogP) is 3.53. The van der Waals surface area contributed by atoms with Crippen molar-refractivity contribution in [2.75, 3.05) is 0 Å². The molecule has 1 heterocycles. The van der Waals surface area contributed by atoms with E-state index < -0.39 is 0 Å².